The number of rotatable bonds is 4. The van der Waals surface area contributed by atoms with Gasteiger partial charge >= 0.3 is 0 Å². The Hall–Kier alpha value is -1.97. The first-order valence-corrected chi connectivity index (χ1v) is 8.45. The smallest absolute Gasteiger partial charge is 0.244 e. The molecular weight excluding hydrogens is 290 g/mol. The molecule has 0 heterocycles. The summed E-state index contributed by atoms with van der Waals surface area (Å²) in [5.74, 6) is 2.86. The second kappa shape index (κ2) is 5.29. The number of hydrogen-bond acceptors (Lipinski definition) is 3. The van der Waals surface area contributed by atoms with Gasteiger partial charge in [-0.25, -0.2) is 0 Å². The van der Waals surface area contributed by atoms with E-state index in [4.69, 9.17) is 4.74 Å². The van der Waals surface area contributed by atoms with Crippen molar-refractivity contribution in [2.45, 2.75) is 37.6 Å². The number of ether oxygens (including phenoxy) is 1. The molecule has 122 valence electrons. The van der Waals surface area contributed by atoms with Crippen molar-refractivity contribution in [2.24, 2.45) is 17.8 Å². The molecule has 4 fully saturated rings. The molecular formula is C19H23NO3. The molecule has 4 aliphatic rings. The summed E-state index contributed by atoms with van der Waals surface area (Å²) in [4.78, 5) is 12.4. The van der Waals surface area contributed by atoms with Crippen molar-refractivity contribution in [1.82, 2.24) is 5.32 Å². The van der Waals surface area contributed by atoms with Crippen LogP contribution >= 0.6 is 0 Å². The van der Waals surface area contributed by atoms with Gasteiger partial charge in [0.2, 0.25) is 5.91 Å². The molecule has 1 amide bonds. The van der Waals surface area contributed by atoms with Crippen molar-refractivity contribution in [1.29, 1.82) is 0 Å². The number of benzene rings is 1. The van der Waals surface area contributed by atoms with Crippen molar-refractivity contribution < 1.29 is 14.6 Å². The van der Waals surface area contributed by atoms with Crippen LogP contribution in [0.2, 0.25) is 0 Å². The lowest BCUT2D eigenvalue weighted by Crippen LogP contribution is -2.48. The van der Waals surface area contributed by atoms with Crippen LogP contribution in [0.3, 0.4) is 0 Å². The maximum Gasteiger partial charge on any atom is 0.244 e. The van der Waals surface area contributed by atoms with E-state index < -0.39 is 0 Å². The Kier molecular flexibility index (Phi) is 3.36. The lowest BCUT2D eigenvalue weighted by Gasteiger charge is -2.33. The largest absolute Gasteiger partial charge is 0.504 e. The van der Waals surface area contributed by atoms with Crippen molar-refractivity contribution in [3.05, 3.63) is 29.8 Å². The molecule has 2 atom stereocenters. The zero-order valence-corrected chi connectivity index (χ0v) is 13.4. The summed E-state index contributed by atoms with van der Waals surface area (Å²) in [6.07, 6.45) is 9.68. The first kappa shape index (κ1) is 14.6. The van der Waals surface area contributed by atoms with E-state index >= 15 is 0 Å². The summed E-state index contributed by atoms with van der Waals surface area (Å²) < 4.78 is 5.09. The van der Waals surface area contributed by atoms with Crippen molar-refractivity contribution in [2.75, 3.05) is 7.11 Å². The van der Waals surface area contributed by atoms with Gasteiger partial charge in [-0.05, 0) is 73.6 Å². The number of aromatic hydroxyl groups is 1. The molecule has 4 bridgehead atoms. The van der Waals surface area contributed by atoms with Gasteiger partial charge in [-0.3, -0.25) is 4.79 Å². The van der Waals surface area contributed by atoms with Crippen LogP contribution in [0.25, 0.3) is 6.08 Å². The monoisotopic (exact) mass is 313 g/mol. The van der Waals surface area contributed by atoms with E-state index in [-0.39, 0.29) is 17.2 Å². The van der Waals surface area contributed by atoms with E-state index in [9.17, 15) is 9.90 Å². The third kappa shape index (κ3) is 2.50. The average molecular weight is 313 g/mol. The minimum absolute atomic E-state index is 0.00904. The highest BCUT2D eigenvalue weighted by Gasteiger charge is 2.58. The fraction of sp³-hybridized carbons (Fsp3) is 0.526. The van der Waals surface area contributed by atoms with Crippen molar-refractivity contribution in [3.63, 3.8) is 0 Å². The zero-order valence-electron chi connectivity index (χ0n) is 13.4. The maximum atomic E-state index is 12.4. The molecule has 1 aromatic rings. The Morgan fingerprint density at radius 2 is 2.04 bits per heavy atom. The minimum atomic E-state index is -0.00904. The van der Waals surface area contributed by atoms with Gasteiger partial charge < -0.3 is 15.2 Å². The highest BCUT2D eigenvalue weighted by Crippen LogP contribution is 2.60. The molecule has 1 aromatic carbocycles. The van der Waals surface area contributed by atoms with Crippen molar-refractivity contribution in [3.8, 4) is 11.5 Å². The molecule has 5 rings (SSSR count). The lowest BCUT2D eigenvalue weighted by molar-refractivity contribution is -0.118. The van der Waals surface area contributed by atoms with E-state index in [1.165, 1.54) is 39.2 Å². The Morgan fingerprint density at radius 3 is 2.74 bits per heavy atom. The zero-order chi connectivity index (χ0) is 16.0. The minimum Gasteiger partial charge on any atom is -0.504 e. The fourth-order valence-electron chi connectivity index (χ4n) is 5.26. The number of phenols is 1. The summed E-state index contributed by atoms with van der Waals surface area (Å²) in [5, 5.41) is 12.9. The number of methoxy groups -OCH3 is 1. The molecule has 0 aliphatic heterocycles. The Balaban J connectivity index is 1.44. The van der Waals surface area contributed by atoms with Gasteiger partial charge in [-0.15, -0.1) is 0 Å². The van der Waals surface area contributed by atoms with Crippen LogP contribution in [0, 0.1) is 17.8 Å². The molecule has 4 saturated carbocycles. The van der Waals surface area contributed by atoms with Crippen LogP contribution < -0.4 is 10.1 Å². The van der Waals surface area contributed by atoms with Crippen molar-refractivity contribution >= 4 is 12.0 Å². The number of phenolic OH excluding ortho intramolecular Hbond substituents is 1. The fourth-order valence-corrected chi connectivity index (χ4v) is 5.26. The van der Waals surface area contributed by atoms with E-state index in [2.05, 4.69) is 5.32 Å². The maximum absolute atomic E-state index is 12.4. The van der Waals surface area contributed by atoms with E-state index in [0.717, 1.165) is 17.4 Å². The molecule has 4 aliphatic carbocycles. The van der Waals surface area contributed by atoms with Gasteiger partial charge in [0.15, 0.2) is 11.5 Å². The highest BCUT2D eigenvalue weighted by molar-refractivity contribution is 5.92. The van der Waals surface area contributed by atoms with Crippen LogP contribution in [0.15, 0.2) is 24.3 Å². The molecule has 0 radical (unpaired) electrons. The van der Waals surface area contributed by atoms with Crippen LogP contribution in [0.1, 0.15) is 37.7 Å². The second-order valence-corrected chi connectivity index (χ2v) is 7.45. The third-order valence-electron chi connectivity index (χ3n) is 5.99. The summed E-state index contributed by atoms with van der Waals surface area (Å²) in [6.45, 7) is 0. The average Bonchev–Trinajstić information content (AvgIpc) is 2.90. The Labute approximate surface area is 136 Å². The summed E-state index contributed by atoms with van der Waals surface area (Å²) in [7, 11) is 1.51. The standard InChI is InChI=1S/C19H23NO3/c1-23-17-9-12(2-4-16(17)21)3-5-18(22)20-19-10-13-6-14(11-19)8-15(19)7-13/h2-5,9,13-15,21H,6-8,10-11H2,1H3,(H,20,22)/b5-3+. The summed E-state index contributed by atoms with van der Waals surface area (Å²) in [5.41, 5.74) is 0.909. The molecule has 23 heavy (non-hydrogen) atoms. The molecule has 4 heteroatoms. The highest BCUT2D eigenvalue weighted by atomic mass is 16.5. The normalized spacial score (nSPS) is 34.2. The Bertz CT molecular complexity index is 653. The SMILES string of the molecule is COc1cc(/C=C/C(=O)NC23CC4CC(CC2C4)C3)ccc1O. The summed E-state index contributed by atoms with van der Waals surface area (Å²) >= 11 is 0. The molecule has 0 aromatic heterocycles. The Morgan fingerprint density at radius 1 is 1.30 bits per heavy atom. The van der Waals surface area contributed by atoms with E-state index in [0.29, 0.717) is 11.7 Å². The first-order chi connectivity index (χ1) is 11.1. The molecule has 2 unspecified atom stereocenters. The first-order valence-electron chi connectivity index (χ1n) is 8.45. The number of hydrogen-bond donors (Lipinski definition) is 2. The third-order valence-corrected chi connectivity index (χ3v) is 5.99. The molecule has 0 spiro atoms. The van der Waals surface area contributed by atoms with Crippen LogP contribution in [0.4, 0.5) is 0 Å². The van der Waals surface area contributed by atoms with E-state index in [1.54, 1.807) is 30.4 Å². The molecule has 4 nitrogen and oxygen atoms in total. The van der Waals surface area contributed by atoms with Gasteiger partial charge in [0.05, 0.1) is 7.11 Å². The van der Waals surface area contributed by atoms with Crippen LogP contribution in [-0.4, -0.2) is 23.7 Å². The van der Waals surface area contributed by atoms with Gasteiger partial charge in [-0.2, -0.15) is 0 Å². The number of amides is 1. The number of nitrogens with one attached hydrogen (secondary N) is 1. The number of carbonyl (C=O) groups is 1. The number of carbonyl (C=O) groups excluding carboxylic acids is 1. The van der Waals surface area contributed by atoms with Gasteiger partial charge in [0.1, 0.15) is 0 Å². The second-order valence-electron chi connectivity index (χ2n) is 7.45. The summed E-state index contributed by atoms with van der Waals surface area (Å²) in [6, 6.07) is 5.07. The van der Waals surface area contributed by atoms with Gasteiger partial charge in [0.25, 0.3) is 0 Å². The van der Waals surface area contributed by atoms with Gasteiger partial charge in [0, 0.05) is 11.6 Å². The predicted octanol–water partition coefficient (Wildman–Crippen LogP) is 3.11. The van der Waals surface area contributed by atoms with E-state index in [1.807, 2.05) is 0 Å². The van der Waals surface area contributed by atoms with Crippen LogP contribution in [-0.2, 0) is 4.79 Å². The van der Waals surface area contributed by atoms with Gasteiger partial charge in [-0.1, -0.05) is 6.07 Å². The molecule has 2 N–H and O–H groups in total. The topological polar surface area (TPSA) is 58.6 Å². The quantitative estimate of drug-likeness (QED) is 0.840. The lowest BCUT2D eigenvalue weighted by atomic mass is 9.80. The molecule has 0 saturated heterocycles. The predicted molar refractivity (Wildman–Crippen MR) is 88.1 cm³/mol. The van der Waals surface area contributed by atoms with Crippen LogP contribution in [0.5, 0.6) is 11.5 Å².